The summed E-state index contributed by atoms with van der Waals surface area (Å²) < 4.78 is 0.834. The SMILES string of the molecule is O=C(O)c1cnc(Cl)c2cc(Br)ccc12. The first-order valence-electron chi connectivity index (χ1n) is 4.06. The average Bonchev–Trinajstić information content (AvgIpc) is 2.19. The van der Waals surface area contributed by atoms with Gasteiger partial charge in [-0.3, -0.25) is 0 Å². The van der Waals surface area contributed by atoms with E-state index in [-0.39, 0.29) is 5.56 Å². The van der Waals surface area contributed by atoms with Crippen LogP contribution in [0.3, 0.4) is 0 Å². The lowest BCUT2D eigenvalue weighted by Crippen LogP contribution is -1.98. The van der Waals surface area contributed by atoms with Crippen molar-refractivity contribution in [3.63, 3.8) is 0 Å². The Balaban J connectivity index is 2.88. The maximum Gasteiger partial charge on any atom is 0.337 e. The number of pyridine rings is 1. The Hall–Kier alpha value is -1.13. The van der Waals surface area contributed by atoms with Crippen LogP contribution in [-0.2, 0) is 0 Å². The number of carboxylic acid groups (broad SMARTS) is 1. The molecule has 1 heterocycles. The van der Waals surface area contributed by atoms with E-state index in [1.54, 1.807) is 18.2 Å². The molecular formula is C10H5BrClNO2. The van der Waals surface area contributed by atoms with Crippen LogP contribution in [0.15, 0.2) is 28.9 Å². The van der Waals surface area contributed by atoms with Crippen LogP contribution in [0.25, 0.3) is 10.8 Å². The number of carboxylic acids is 1. The van der Waals surface area contributed by atoms with Crippen LogP contribution < -0.4 is 0 Å². The monoisotopic (exact) mass is 285 g/mol. The summed E-state index contributed by atoms with van der Waals surface area (Å²) in [4.78, 5) is 14.7. The molecule has 0 amide bonds. The van der Waals surface area contributed by atoms with Gasteiger partial charge in [-0.25, -0.2) is 9.78 Å². The van der Waals surface area contributed by atoms with E-state index in [9.17, 15) is 4.79 Å². The maximum absolute atomic E-state index is 10.9. The third-order valence-corrected chi connectivity index (χ3v) is 2.83. The molecule has 2 rings (SSSR count). The number of nitrogens with zero attached hydrogens (tertiary/aromatic N) is 1. The first-order chi connectivity index (χ1) is 7.09. The van der Waals surface area contributed by atoms with Gasteiger partial charge in [-0.15, -0.1) is 0 Å². The zero-order valence-corrected chi connectivity index (χ0v) is 9.71. The number of halogens is 2. The van der Waals surface area contributed by atoms with E-state index in [0.717, 1.165) is 4.47 Å². The summed E-state index contributed by atoms with van der Waals surface area (Å²) >= 11 is 9.18. The molecule has 0 radical (unpaired) electrons. The highest BCUT2D eigenvalue weighted by Crippen LogP contribution is 2.27. The van der Waals surface area contributed by atoms with Crippen molar-refractivity contribution in [3.8, 4) is 0 Å². The molecule has 0 aliphatic rings. The number of aromatic carboxylic acids is 1. The standard InChI is InChI=1S/C10H5BrClNO2/c11-5-1-2-6-7(3-5)9(12)13-4-8(6)10(14)15/h1-4H,(H,14,15). The van der Waals surface area contributed by atoms with E-state index < -0.39 is 5.97 Å². The van der Waals surface area contributed by atoms with E-state index >= 15 is 0 Å². The number of hydrogen-bond acceptors (Lipinski definition) is 2. The molecule has 5 heteroatoms. The molecule has 0 aliphatic carbocycles. The zero-order valence-electron chi connectivity index (χ0n) is 7.37. The van der Waals surface area contributed by atoms with E-state index in [0.29, 0.717) is 15.9 Å². The largest absolute Gasteiger partial charge is 0.478 e. The molecule has 1 N–H and O–H groups in total. The topological polar surface area (TPSA) is 50.2 Å². The molecule has 0 saturated heterocycles. The van der Waals surface area contributed by atoms with Gasteiger partial charge in [0.1, 0.15) is 5.15 Å². The van der Waals surface area contributed by atoms with Crippen molar-refractivity contribution < 1.29 is 9.90 Å². The van der Waals surface area contributed by atoms with Gasteiger partial charge in [0.2, 0.25) is 0 Å². The second-order valence-corrected chi connectivity index (χ2v) is 4.23. The van der Waals surface area contributed by atoms with Crippen molar-refractivity contribution in [1.29, 1.82) is 0 Å². The Morgan fingerprint density at radius 2 is 2.13 bits per heavy atom. The summed E-state index contributed by atoms with van der Waals surface area (Å²) in [7, 11) is 0. The van der Waals surface area contributed by atoms with Crippen molar-refractivity contribution in [3.05, 3.63) is 39.6 Å². The molecule has 2 aromatic rings. The van der Waals surface area contributed by atoms with Crippen molar-refractivity contribution >= 4 is 44.3 Å². The molecule has 15 heavy (non-hydrogen) atoms. The van der Waals surface area contributed by atoms with Gasteiger partial charge < -0.3 is 5.11 Å². The van der Waals surface area contributed by atoms with Crippen LogP contribution in [0, 0.1) is 0 Å². The van der Waals surface area contributed by atoms with Crippen molar-refractivity contribution in [1.82, 2.24) is 4.98 Å². The minimum atomic E-state index is -1.01. The van der Waals surface area contributed by atoms with Crippen LogP contribution in [0.5, 0.6) is 0 Å². The zero-order chi connectivity index (χ0) is 11.0. The molecule has 0 bridgehead atoms. The fourth-order valence-corrected chi connectivity index (χ4v) is 1.92. The van der Waals surface area contributed by atoms with Gasteiger partial charge in [0.05, 0.1) is 5.56 Å². The van der Waals surface area contributed by atoms with Gasteiger partial charge in [0.25, 0.3) is 0 Å². The van der Waals surface area contributed by atoms with E-state index in [1.807, 2.05) is 0 Å². The predicted octanol–water partition coefficient (Wildman–Crippen LogP) is 3.35. The van der Waals surface area contributed by atoms with Gasteiger partial charge in [0.15, 0.2) is 0 Å². The third kappa shape index (κ3) is 1.82. The highest BCUT2D eigenvalue weighted by atomic mass is 79.9. The van der Waals surface area contributed by atoms with Crippen molar-refractivity contribution in [2.45, 2.75) is 0 Å². The van der Waals surface area contributed by atoms with Gasteiger partial charge in [-0.05, 0) is 12.1 Å². The molecule has 0 aliphatic heterocycles. The summed E-state index contributed by atoms with van der Waals surface area (Å²) in [5.74, 6) is -1.01. The summed E-state index contributed by atoms with van der Waals surface area (Å²) in [6.45, 7) is 0. The average molecular weight is 287 g/mol. The van der Waals surface area contributed by atoms with Gasteiger partial charge >= 0.3 is 5.97 Å². The lowest BCUT2D eigenvalue weighted by Gasteiger charge is -2.03. The van der Waals surface area contributed by atoms with Crippen molar-refractivity contribution in [2.75, 3.05) is 0 Å². The number of benzene rings is 1. The molecule has 1 aromatic heterocycles. The Bertz CT molecular complexity index is 556. The highest BCUT2D eigenvalue weighted by Gasteiger charge is 2.11. The Labute approximate surface area is 98.8 Å². The number of aromatic nitrogens is 1. The van der Waals surface area contributed by atoms with Gasteiger partial charge in [-0.1, -0.05) is 33.6 Å². The van der Waals surface area contributed by atoms with Crippen molar-refractivity contribution in [2.24, 2.45) is 0 Å². The Kier molecular flexibility index (Phi) is 2.63. The van der Waals surface area contributed by atoms with Crippen LogP contribution in [0.2, 0.25) is 5.15 Å². The van der Waals surface area contributed by atoms with Crippen LogP contribution in [0.1, 0.15) is 10.4 Å². The normalized spacial score (nSPS) is 10.5. The maximum atomic E-state index is 10.9. The van der Waals surface area contributed by atoms with Crippen LogP contribution in [-0.4, -0.2) is 16.1 Å². The minimum Gasteiger partial charge on any atom is -0.478 e. The van der Waals surface area contributed by atoms with Crippen LogP contribution >= 0.6 is 27.5 Å². The van der Waals surface area contributed by atoms with E-state index in [4.69, 9.17) is 16.7 Å². The first-order valence-corrected chi connectivity index (χ1v) is 5.24. The second kappa shape index (κ2) is 3.79. The van der Waals surface area contributed by atoms with E-state index in [1.165, 1.54) is 6.20 Å². The lowest BCUT2D eigenvalue weighted by molar-refractivity contribution is 0.0698. The first kappa shape index (κ1) is 10.4. The summed E-state index contributed by atoms with van der Waals surface area (Å²) in [5, 5.41) is 10.5. The lowest BCUT2D eigenvalue weighted by atomic mass is 10.1. The van der Waals surface area contributed by atoms with Crippen LogP contribution in [0.4, 0.5) is 0 Å². The summed E-state index contributed by atoms with van der Waals surface area (Å²) in [5.41, 5.74) is 0.155. The quantitative estimate of drug-likeness (QED) is 0.818. The van der Waals surface area contributed by atoms with Gasteiger partial charge in [0, 0.05) is 21.4 Å². The number of hydrogen-bond donors (Lipinski definition) is 1. The fraction of sp³-hybridized carbons (Fsp3) is 0. The molecule has 0 spiro atoms. The smallest absolute Gasteiger partial charge is 0.337 e. The third-order valence-electron chi connectivity index (χ3n) is 2.03. The molecular weight excluding hydrogens is 281 g/mol. The highest BCUT2D eigenvalue weighted by molar-refractivity contribution is 9.10. The predicted molar refractivity (Wildman–Crippen MR) is 61.4 cm³/mol. The summed E-state index contributed by atoms with van der Waals surface area (Å²) in [6, 6.07) is 5.22. The fourth-order valence-electron chi connectivity index (χ4n) is 1.35. The molecule has 3 nitrogen and oxygen atoms in total. The molecule has 0 unspecified atom stereocenters. The Morgan fingerprint density at radius 1 is 1.40 bits per heavy atom. The second-order valence-electron chi connectivity index (χ2n) is 2.96. The number of carbonyl (C=O) groups is 1. The summed E-state index contributed by atoms with van der Waals surface area (Å²) in [6.07, 6.45) is 1.26. The van der Waals surface area contributed by atoms with Gasteiger partial charge in [-0.2, -0.15) is 0 Å². The van der Waals surface area contributed by atoms with E-state index in [2.05, 4.69) is 20.9 Å². The molecule has 0 atom stereocenters. The minimum absolute atomic E-state index is 0.155. The number of rotatable bonds is 1. The Morgan fingerprint density at radius 3 is 2.80 bits per heavy atom. The molecule has 0 fully saturated rings. The molecule has 0 saturated carbocycles. The molecule has 1 aromatic carbocycles. The number of fused-ring (bicyclic) bond motifs is 1. The molecule has 76 valence electrons.